The number of aromatic nitrogens is 4. The number of nitrogens with one attached hydrogen (secondary N) is 2. The zero-order valence-corrected chi connectivity index (χ0v) is 17.1. The highest BCUT2D eigenvalue weighted by Crippen LogP contribution is 2.32. The van der Waals surface area contributed by atoms with Crippen molar-refractivity contribution in [3.63, 3.8) is 0 Å². The summed E-state index contributed by atoms with van der Waals surface area (Å²) in [6, 6.07) is 12.2. The average Bonchev–Trinajstić information content (AvgIpc) is 3.20. The predicted molar refractivity (Wildman–Crippen MR) is 122 cm³/mol. The molecule has 0 saturated carbocycles. The van der Waals surface area contributed by atoms with Crippen LogP contribution in [-0.2, 0) is 0 Å². The van der Waals surface area contributed by atoms with E-state index in [1.54, 1.807) is 12.4 Å². The number of pyridine rings is 1. The van der Waals surface area contributed by atoms with Crippen molar-refractivity contribution >= 4 is 40.0 Å². The van der Waals surface area contributed by atoms with E-state index < -0.39 is 0 Å². The number of para-hydroxylation sites is 1. The van der Waals surface area contributed by atoms with Crippen molar-refractivity contribution in [2.75, 3.05) is 29.0 Å². The molecule has 1 fully saturated rings. The monoisotopic (exact) mass is 419 g/mol. The second-order valence-corrected chi connectivity index (χ2v) is 7.92. The van der Waals surface area contributed by atoms with Crippen LogP contribution in [0.1, 0.15) is 12.8 Å². The molecule has 0 spiro atoms. The largest absolute Gasteiger partial charge is 0.397 e. The molecule has 0 amide bonds. The summed E-state index contributed by atoms with van der Waals surface area (Å²) in [5.74, 6) is 1.52. The van der Waals surface area contributed by atoms with E-state index in [0.717, 1.165) is 53.9 Å². The van der Waals surface area contributed by atoms with Crippen LogP contribution in [0.2, 0.25) is 5.02 Å². The summed E-state index contributed by atoms with van der Waals surface area (Å²) in [7, 11) is 0. The van der Waals surface area contributed by atoms with Crippen LogP contribution in [0.15, 0.2) is 55.0 Å². The van der Waals surface area contributed by atoms with Crippen LogP contribution in [-0.4, -0.2) is 39.1 Å². The number of H-pyrrole nitrogens is 1. The van der Waals surface area contributed by atoms with Gasteiger partial charge in [-0.2, -0.15) is 0 Å². The van der Waals surface area contributed by atoms with Gasteiger partial charge in [-0.05, 0) is 31.0 Å². The fourth-order valence-corrected chi connectivity index (χ4v) is 4.16. The minimum absolute atomic E-state index is 0.218. The number of nitrogen functional groups attached to an aromatic ring is 1. The smallest absolute Gasteiger partial charge is 0.223 e. The Labute approximate surface area is 179 Å². The van der Waals surface area contributed by atoms with Gasteiger partial charge in [-0.15, -0.1) is 0 Å². The summed E-state index contributed by atoms with van der Waals surface area (Å²) in [6.07, 6.45) is 7.41. The standard InChI is InChI=1S/C22H22ClN7/c23-18-12-27-22(29-21(18)17-11-25-19-6-2-1-5-16(17)19)28-15-4-3-9-30(13-15)20-8-7-14(24)10-26-20/h1-2,5-8,10-12,15,25H,3-4,9,13,24H2,(H,27,28,29)/t15-/m1/s1. The van der Waals surface area contributed by atoms with Crippen LogP contribution >= 0.6 is 11.6 Å². The lowest BCUT2D eigenvalue weighted by molar-refractivity contribution is 0.524. The van der Waals surface area contributed by atoms with Crippen LogP contribution < -0.4 is 16.0 Å². The second kappa shape index (κ2) is 7.84. The maximum atomic E-state index is 6.45. The quantitative estimate of drug-likeness (QED) is 0.455. The summed E-state index contributed by atoms with van der Waals surface area (Å²) >= 11 is 6.45. The molecule has 4 heterocycles. The molecule has 152 valence electrons. The van der Waals surface area contributed by atoms with Crippen LogP contribution in [0, 0.1) is 0 Å². The van der Waals surface area contributed by atoms with Crippen LogP contribution in [0.4, 0.5) is 17.5 Å². The molecule has 0 radical (unpaired) electrons. The van der Waals surface area contributed by atoms with Gasteiger partial charge in [-0.3, -0.25) is 0 Å². The molecule has 0 aliphatic carbocycles. The van der Waals surface area contributed by atoms with Crippen molar-refractivity contribution in [1.82, 2.24) is 19.9 Å². The van der Waals surface area contributed by atoms with E-state index in [-0.39, 0.29) is 6.04 Å². The first-order chi connectivity index (χ1) is 14.7. The number of halogens is 1. The Bertz CT molecular complexity index is 1170. The molecule has 0 unspecified atom stereocenters. The Hall–Kier alpha value is -3.32. The van der Waals surface area contributed by atoms with E-state index in [1.807, 2.05) is 36.5 Å². The van der Waals surface area contributed by atoms with Crippen molar-refractivity contribution in [2.24, 2.45) is 0 Å². The molecule has 4 aromatic rings. The molecule has 1 aliphatic heterocycles. The molecule has 30 heavy (non-hydrogen) atoms. The first kappa shape index (κ1) is 18.7. The van der Waals surface area contributed by atoms with Crippen molar-refractivity contribution in [2.45, 2.75) is 18.9 Å². The number of benzene rings is 1. The molecule has 1 aromatic carbocycles. The predicted octanol–water partition coefficient (Wildman–Crippen LogP) is 4.34. The molecule has 1 atom stereocenters. The summed E-state index contributed by atoms with van der Waals surface area (Å²) in [5, 5.41) is 5.10. The summed E-state index contributed by atoms with van der Waals surface area (Å²) in [4.78, 5) is 19.2. The van der Waals surface area contributed by atoms with E-state index >= 15 is 0 Å². The molecular weight excluding hydrogens is 398 g/mol. The number of nitrogens with zero attached hydrogens (tertiary/aromatic N) is 4. The Morgan fingerprint density at radius 2 is 2.03 bits per heavy atom. The highest BCUT2D eigenvalue weighted by molar-refractivity contribution is 6.33. The van der Waals surface area contributed by atoms with E-state index in [2.05, 4.69) is 31.2 Å². The zero-order valence-electron chi connectivity index (χ0n) is 16.3. The highest BCUT2D eigenvalue weighted by Gasteiger charge is 2.22. The van der Waals surface area contributed by atoms with Gasteiger partial charge in [0, 0.05) is 41.8 Å². The van der Waals surface area contributed by atoms with Crippen molar-refractivity contribution in [3.05, 3.63) is 60.0 Å². The number of anilines is 3. The van der Waals surface area contributed by atoms with Crippen LogP contribution in [0.3, 0.4) is 0 Å². The van der Waals surface area contributed by atoms with Gasteiger partial charge in [0.05, 0.1) is 28.8 Å². The molecule has 7 nitrogen and oxygen atoms in total. The normalized spacial score (nSPS) is 16.7. The molecule has 1 saturated heterocycles. The molecule has 4 N–H and O–H groups in total. The molecule has 3 aromatic heterocycles. The highest BCUT2D eigenvalue weighted by atomic mass is 35.5. The Morgan fingerprint density at radius 1 is 1.13 bits per heavy atom. The van der Waals surface area contributed by atoms with Gasteiger partial charge in [0.2, 0.25) is 5.95 Å². The van der Waals surface area contributed by atoms with E-state index in [1.165, 1.54) is 0 Å². The Morgan fingerprint density at radius 3 is 2.90 bits per heavy atom. The maximum absolute atomic E-state index is 6.45. The minimum Gasteiger partial charge on any atom is -0.397 e. The van der Waals surface area contributed by atoms with Gasteiger partial charge in [-0.25, -0.2) is 15.0 Å². The zero-order chi connectivity index (χ0) is 20.5. The molecule has 1 aliphatic rings. The third kappa shape index (κ3) is 3.64. The van der Waals surface area contributed by atoms with E-state index in [4.69, 9.17) is 22.3 Å². The lowest BCUT2D eigenvalue weighted by atomic mass is 10.1. The number of hydrogen-bond acceptors (Lipinski definition) is 6. The van der Waals surface area contributed by atoms with Gasteiger partial charge in [0.1, 0.15) is 5.82 Å². The van der Waals surface area contributed by atoms with E-state index in [0.29, 0.717) is 16.7 Å². The first-order valence-corrected chi connectivity index (χ1v) is 10.4. The number of fused-ring (bicyclic) bond motifs is 1. The Kier molecular flexibility index (Phi) is 4.88. The lowest BCUT2D eigenvalue weighted by Crippen LogP contribution is -2.42. The topological polar surface area (TPSA) is 95.8 Å². The SMILES string of the molecule is Nc1ccc(N2CCC[C@@H](Nc3ncc(Cl)c(-c4c[nH]c5ccccc45)n3)C2)nc1. The van der Waals surface area contributed by atoms with Gasteiger partial charge in [0.25, 0.3) is 0 Å². The molecule has 5 rings (SSSR count). The first-order valence-electron chi connectivity index (χ1n) is 9.99. The molecule has 8 heteroatoms. The summed E-state index contributed by atoms with van der Waals surface area (Å²) in [5.41, 5.74) is 9.18. The number of hydrogen-bond donors (Lipinski definition) is 3. The van der Waals surface area contributed by atoms with Crippen molar-refractivity contribution < 1.29 is 0 Å². The average molecular weight is 420 g/mol. The molecule has 0 bridgehead atoms. The number of aromatic amines is 1. The van der Waals surface area contributed by atoms with Crippen molar-refractivity contribution in [1.29, 1.82) is 0 Å². The minimum atomic E-state index is 0.218. The van der Waals surface area contributed by atoms with E-state index in [9.17, 15) is 0 Å². The fraction of sp³-hybridized carbons (Fsp3) is 0.227. The van der Waals surface area contributed by atoms with Gasteiger partial charge in [0.15, 0.2) is 0 Å². The van der Waals surface area contributed by atoms with Crippen LogP contribution in [0.5, 0.6) is 0 Å². The summed E-state index contributed by atoms with van der Waals surface area (Å²) < 4.78 is 0. The second-order valence-electron chi connectivity index (χ2n) is 7.52. The lowest BCUT2D eigenvalue weighted by Gasteiger charge is -2.34. The Balaban J connectivity index is 1.37. The van der Waals surface area contributed by atoms with Gasteiger partial charge >= 0.3 is 0 Å². The third-order valence-electron chi connectivity index (χ3n) is 5.44. The van der Waals surface area contributed by atoms with Crippen LogP contribution in [0.25, 0.3) is 22.2 Å². The maximum Gasteiger partial charge on any atom is 0.223 e. The number of nitrogens with two attached hydrogens (primary N) is 1. The van der Waals surface area contributed by atoms with Crippen molar-refractivity contribution in [3.8, 4) is 11.3 Å². The van der Waals surface area contributed by atoms with Gasteiger partial charge in [-0.1, -0.05) is 29.8 Å². The fourth-order valence-electron chi connectivity index (χ4n) is 3.96. The third-order valence-corrected chi connectivity index (χ3v) is 5.71. The number of rotatable bonds is 4. The molecular formula is C22H22ClN7. The van der Waals surface area contributed by atoms with Gasteiger partial charge < -0.3 is 20.9 Å². The summed E-state index contributed by atoms with van der Waals surface area (Å²) in [6.45, 7) is 1.79. The number of piperidine rings is 1.